The van der Waals surface area contributed by atoms with Gasteiger partial charge in [0.05, 0.1) is 5.54 Å². The van der Waals surface area contributed by atoms with E-state index in [9.17, 15) is 9.18 Å². The van der Waals surface area contributed by atoms with Crippen molar-refractivity contribution in [2.45, 2.75) is 101 Å². The van der Waals surface area contributed by atoms with E-state index < -0.39 is 0 Å². The highest BCUT2D eigenvalue weighted by molar-refractivity contribution is 5.95. The highest BCUT2D eigenvalue weighted by atomic mass is 19.1. The van der Waals surface area contributed by atoms with Crippen molar-refractivity contribution >= 4 is 11.9 Å². The smallest absolute Gasteiger partial charge is 0.232 e. The molecule has 0 unspecified atom stereocenters. The Labute approximate surface area is 195 Å². The van der Waals surface area contributed by atoms with Crippen LogP contribution in [0, 0.1) is 17.7 Å². The molecule has 0 N–H and O–H groups in total. The average molecular weight is 451 g/mol. The van der Waals surface area contributed by atoms with Crippen LogP contribution in [-0.4, -0.2) is 26.7 Å². The van der Waals surface area contributed by atoms with E-state index in [2.05, 4.69) is 9.58 Å². The maximum Gasteiger partial charge on any atom is 0.232 e. The Balaban J connectivity index is 1.49. The first-order valence-electron chi connectivity index (χ1n) is 13.2. The van der Waals surface area contributed by atoms with E-state index in [1.807, 2.05) is 0 Å². The Morgan fingerprint density at radius 2 is 1.55 bits per heavy atom. The Kier molecular flexibility index (Phi) is 5.50. The summed E-state index contributed by atoms with van der Waals surface area (Å²) in [5.74, 6) is 1.96. The summed E-state index contributed by atoms with van der Waals surface area (Å²) in [7, 11) is 0. The molecule has 1 aromatic carbocycles. The second kappa shape index (κ2) is 8.52. The normalized spacial score (nSPS) is 27.2. The van der Waals surface area contributed by atoms with Crippen LogP contribution in [0.1, 0.15) is 89.9 Å². The van der Waals surface area contributed by atoms with Gasteiger partial charge in [-0.3, -0.25) is 9.69 Å². The van der Waals surface area contributed by atoms with E-state index in [1.54, 1.807) is 12.1 Å². The van der Waals surface area contributed by atoms with Gasteiger partial charge in [0, 0.05) is 23.4 Å². The van der Waals surface area contributed by atoms with Gasteiger partial charge in [-0.15, -0.1) is 5.10 Å². The number of amides is 1. The zero-order valence-corrected chi connectivity index (χ0v) is 19.5. The van der Waals surface area contributed by atoms with E-state index in [0.717, 1.165) is 56.5 Å². The van der Waals surface area contributed by atoms with Crippen LogP contribution in [-0.2, 0) is 10.3 Å². The molecule has 1 amide bonds. The van der Waals surface area contributed by atoms with Gasteiger partial charge >= 0.3 is 0 Å². The van der Waals surface area contributed by atoms with Crippen molar-refractivity contribution in [2.24, 2.45) is 11.8 Å². The number of rotatable bonds is 2. The summed E-state index contributed by atoms with van der Waals surface area (Å²) in [6, 6.07) is 6.69. The second-order valence-electron chi connectivity index (χ2n) is 10.8. The SMILES string of the molecule is O=C(C1CCCCC1)N1c2nc(-c3ccc(F)cc3)nn2C2(CCCCC2)[C@@H]2CCCC[C@@H]21. The molecule has 6 rings (SSSR count). The molecule has 1 aliphatic heterocycles. The molecule has 2 aromatic rings. The third-order valence-corrected chi connectivity index (χ3v) is 8.99. The van der Waals surface area contributed by atoms with Gasteiger partial charge < -0.3 is 0 Å². The van der Waals surface area contributed by atoms with Gasteiger partial charge in [0.1, 0.15) is 5.82 Å². The molecule has 1 spiro atoms. The summed E-state index contributed by atoms with van der Waals surface area (Å²) in [5.41, 5.74) is 0.783. The van der Waals surface area contributed by atoms with Crippen molar-refractivity contribution in [3.63, 3.8) is 0 Å². The molecule has 2 heterocycles. The Morgan fingerprint density at radius 1 is 0.879 bits per heavy atom. The van der Waals surface area contributed by atoms with Crippen LogP contribution in [0.15, 0.2) is 24.3 Å². The molecule has 3 saturated carbocycles. The summed E-state index contributed by atoms with van der Waals surface area (Å²) in [6.45, 7) is 0. The van der Waals surface area contributed by atoms with E-state index in [0.29, 0.717) is 11.7 Å². The zero-order chi connectivity index (χ0) is 22.4. The lowest BCUT2D eigenvalue weighted by molar-refractivity contribution is -0.125. The first-order chi connectivity index (χ1) is 16.2. The number of carbonyl (C=O) groups is 1. The molecular formula is C27H35FN4O. The minimum absolute atomic E-state index is 0.0344. The fourth-order valence-corrected chi connectivity index (χ4v) is 7.39. The van der Waals surface area contributed by atoms with Gasteiger partial charge in [-0.25, -0.2) is 9.07 Å². The molecule has 0 bridgehead atoms. The first kappa shape index (κ1) is 21.3. The number of aromatic nitrogens is 3. The highest BCUT2D eigenvalue weighted by Crippen LogP contribution is 2.53. The van der Waals surface area contributed by atoms with Gasteiger partial charge in [-0.05, 0) is 62.8 Å². The number of anilines is 1. The van der Waals surface area contributed by atoms with Crippen LogP contribution in [0.3, 0.4) is 0 Å². The topological polar surface area (TPSA) is 51.0 Å². The fourth-order valence-electron chi connectivity index (χ4n) is 7.39. The molecule has 0 radical (unpaired) electrons. The number of hydrogen-bond acceptors (Lipinski definition) is 3. The molecule has 33 heavy (non-hydrogen) atoms. The van der Waals surface area contributed by atoms with Crippen molar-refractivity contribution < 1.29 is 9.18 Å². The Hall–Kier alpha value is -2.24. The van der Waals surface area contributed by atoms with Crippen molar-refractivity contribution in [3.8, 4) is 11.4 Å². The zero-order valence-electron chi connectivity index (χ0n) is 19.5. The fraction of sp³-hybridized carbons (Fsp3) is 0.667. The van der Waals surface area contributed by atoms with Crippen molar-refractivity contribution in [1.29, 1.82) is 0 Å². The minimum atomic E-state index is -0.258. The summed E-state index contributed by atoms with van der Waals surface area (Å²) < 4.78 is 15.8. The van der Waals surface area contributed by atoms with Gasteiger partial charge in [-0.2, -0.15) is 4.98 Å². The predicted octanol–water partition coefficient (Wildman–Crippen LogP) is 6.23. The van der Waals surface area contributed by atoms with Gasteiger partial charge in [-0.1, -0.05) is 51.4 Å². The maximum absolute atomic E-state index is 14.0. The van der Waals surface area contributed by atoms with E-state index in [4.69, 9.17) is 10.1 Å². The van der Waals surface area contributed by atoms with Gasteiger partial charge in [0.2, 0.25) is 11.9 Å². The molecule has 176 valence electrons. The quantitative estimate of drug-likeness (QED) is 0.545. The van der Waals surface area contributed by atoms with Gasteiger partial charge in [0.25, 0.3) is 0 Å². The highest BCUT2D eigenvalue weighted by Gasteiger charge is 2.55. The number of hydrogen-bond donors (Lipinski definition) is 0. The molecule has 2 atom stereocenters. The predicted molar refractivity (Wildman–Crippen MR) is 126 cm³/mol. The summed E-state index contributed by atoms with van der Waals surface area (Å²) in [4.78, 5) is 21.1. The molecular weight excluding hydrogens is 415 g/mol. The number of benzene rings is 1. The lowest BCUT2D eigenvalue weighted by Gasteiger charge is -2.55. The van der Waals surface area contributed by atoms with Crippen LogP contribution in [0.4, 0.5) is 10.3 Å². The molecule has 0 saturated heterocycles. The molecule has 3 aliphatic carbocycles. The molecule has 1 aromatic heterocycles. The maximum atomic E-state index is 14.0. The summed E-state index contributed by atoms with van der Waals surface area (Å²) in [6.07, 6.45) is 16.2. The molecule has 3 fully saturated rings. The lowest BCUT2D eigenvalue weighted by Crippen LogP contribution is -2.62. The van der Waals surface area contributed by atoms with Crippen LogP contribution in [0.5, 0.6) is 0 Å². The largest absolute Gasteiger partial charge is 0.277 e. The van der Waals surface area contributed by atoms with E-state index >= 15 is 0 Å². The number of nitrogens with zero attached hydrogens (tertiary/aromatic N) is 4. The summed E-state index contributed by atoms with van der Waals surface area (Å²) >= 11 is 0. The Morgan fingerprint density at radius 3 is 2.30 bits per heavy atom. The monoisotopic (exact) mass is 450 g/mol. The first-order valence-corrected chi connectivity index (χ1v) is 13.2. The van der Waals surface area contributed by atoms with Crippen LogP contribution in [0.2, 0.25) is 0 Å². The minimum Gasteiger partial charge on any atom is -0.277 e. The third-order valence-electron chi connectivity index (χ3n) is 8.99. The van der Waals surface area contributed by atoms with Crippen LogP contribution < -0.4 is 4.90 Å². The standard InChI is InChI=1S/C27H35FN4O/c28-21-15-13-19(14-16-21)24-29-26-31(25(33)20-9-3-1-4-10-20)23-12-6-5-11-22(23)27(32(26)30-24)17-7-2-8-18-27/h13-16,20,22-23H,1-12,17-18H2/t22-,23+/m1/s1. The van der Waals surface area contributed by atoms with Crippen molar-refractivity contribution in [1.82, 2.24) is 14.8 Å². The number of fused-ring (bicyclic) bond motifs is 4. The Bertz CT molecular complexity index is 1000. The van der Waals surface area contributed by atoms with Gasteiger partial charge in [0.15, 0.2) is 5.82 Å². The van der Waals surface area contributed by atoms with Crippen molar-refractivity contribution in [3.05, 3.63) is 30.1 Å². The molecule has 5 nitrogen and oxygen atoms in total. The second-order valence-corrected chi connectivity index (χ2v) is 10.8. The number of carbonyl (C=O) groups excluding carboxylic acids is 1. The van der Waals surface area contributed by atoms with Crippen LogP contribution >= 0.6 is 0 Å². The van der Waals surface area contributed by atoms with Crippen LogP contribution in [0.25, 0.3) is 11.4 Å². The molecule has 6 heteroatoms. The van der Waals surface area contributed by atoms with E-state index in [1.165, 1.54) is 57.1 Å². The van der Waals surface area contributed by atoms with E-state index in [-0.39, 0.29) is 29.2 Å². The average Bonchev–Trinajstić information content (AvgIpc) is 3.32. The third kappa shape index (κ3) is 3.52. The summed E-state index contributed by atoms with van der Waals surface area (Å²) in [5, 5.41) is 5.09. The number of halogens is 1. The lowest BCUT2D eigenvalue weighted by atomic mass is 9.64. The molecule has 4 aliphatic rings. The van der Waals surface area contributed by atoms with Crippen molar-refractivity contribution in [2.75, 3.05) is 4.90 Å².